The molecule has 0 bridgehead atoms. The fourth-order valence-corrected chi connectivity index (χ4v) is 9.26. The number of hydrogen-bond donors (Lipinski definition) is 0. The third-order valence-electron chi connectivity index (χ3n) is 12.1. The first-order chi connectivity index (χ1) is 24.3. The smallest absolute Gasteiger partial charge is 0.135 e. The zero-order valence-electron chi connectivity index (χ0n) is 29.4. The van der Waals surface area contributed by atoms with Crippen molar-refractivity contribution in [2.45, 2.75) is 58.3 Å². The molecule has 0 saturated heterocycles. The highest BCUT2D eigenvalue weighted by atomic mass is 16.3. The van der Waals surface area contributed by atoms with Crippen molar-refractivity contribution >= 4 is 54.3 Å². The van der Waals surface area contributed by atoms with Crippen LogP contribution in [0.4, 0.5) is 0 Å². The molecule has 0 N–H and O–H groups in total. The first-order valence-corrected chi connectivity index (χ1v) is 18.2. The zero-order valence-corrected chi connectivity index (χ0v) is 29.4. The van der Waals surface area contributed by atoms with Crippen LogP contribution in [0.5, 0.6) is 0 Å². The van der Waals surface area contributed by atoms with E-state index in [0.29, 0.717) is 0 Å². The Morgan fingerprint density at radius 1 is 0.480 bits per heavy atom. The highest BCUT2D eigenvalue weighted by Crippen LogP contribution is 2.55. The van der Waals surface area contributed by atoms with Crippen LogP contribution in [0.2, 0.25) is 0 Å². The van der Waals surface area contributed by atoms with Crippen LogP contribution < -0.4 is 0 Å². The molecule has 1 heterocycles. The Morgan fingerprint density at radius 2 is 1.06 bits per heavy atom. The normalized spacial score (nSPS) is 14.0. The van der Waals surface area contributed by atoms with E-state index in [0.717, 1.165) is 24.0 Å². The molecule has 1 aliphatic carbocycles. The summed E-state index contributed by atoms with van der Waals surface area (Å²) in [6, 6.07) is 48.3. The molecule has 1 heteroatoms. The Balaban J connectivity index is 1.12. The second-order valence-electron chi connectivity index (χ2n) is 15.6. The molecule has 0 unspecified atom stereocenters. The lowest BCUT2D eigenvalue weighted by Crippen LogP contribution is -2.23. The molecule has 0 aliphatic heterocycles. The average Bonchev–Trinajstić information content (AvgIpc) is 3.65. The third kappa shape index (κ3) is 4.01. The zero-order chi connectivity index (χ0) is 33.9. The summed E-state index contributed by atoms with van der Waals surface area (Å²) >= 11 is 0. The number of para-hydroxylation sites is 1. The van der Waals surface area contributed by atoms with Crippen molar-refractivity contribution in [1.82, 2.24) is 0 Å². The van der Waals surface area contributed by atoms with Crippen LogP contribution in [-0.2, 0) is 10.8 Å². The van der Waals surface area contributed by atoms with E-state index in [1.165, 1.54) is 93.2 Å². The average molecular weight is 645 g/mol. The van der Waals surface area contributed by atoms with E-state index in [9.17, 15) is 0 Å². The molecular formula is C49H40O. The minimum atomic E-state index is -0.0454. The number of furan rings is 1. The molecule has 0 spiro atoms. The van der Waals surface area contributed by atoms with Crippen molar-refractivity contribution in [2.75, 3.05) is 0 Å². The van der Waals surface area contributed by atoms with E-state index in [1.807, 2.05) is 6.07 Å². The van der Waals surface area contributed by atoms with E-state index < -0.39 is 0 Å². The van der Waals surface area contributed by atoms with E-state index in [2.05, 4.69) is 156 Å². The molecule has 0 radical (unpaired) electrons. The quantitative estimate of drug-likeness (QED) is 0.174. The van der Waals surface area contributed by atoms with Crippen LogP contribution in [-0.4, -0.2) is 0 Å². The van der Waals surface area contributed by atoms with Crippen LogP contribution in [0.15, 0.2) is 132 Å². The van der Waals surface area contributed by atoms with Gasteiger partial charge in [-0.25, -0.2) is 0 Å². The Labute approximate surface area is 293 Å². The van der Waals surface area contributed by atoms with Crippen LogP contribution in [0.1, 0.15) is 64.2 Å². The topological polar surface area (TPSA) is 13.1 Å². The Kier molecular flexibility index (Phi) is 6.09. The van der Waals surface area contributed by atoms with Crippen LogP contribution in [0, 0.1) is 0 Å². The second-order valence-corrected chi connectivity index (χ2v) is 15.6. The maximum atomic E-state index is 6.15. The maximum Gasteiger partial charge on any atom is 0.135 e. The molecule has 0 atom stereocenters. The van der Waals surface area contributed by atoms with E-state index in [4.69, 9.17) is 4.42 Å². The Morgan fingerprint density at radius 3 is 1.80 bits per heavy atom. The molecule has 1 aliphatic rings. The van der Waals surface area contributed by atoms with Gasteiger partial charge in [0.05, 0.1) is 0 Å². The van der Waals surface area contributed by atoms with Gasteiger partial charge in [-0.1, -0.05) is 132 Å². The van der Waals surface area contributed by atoms with Gasteiger partial charge in [0, 0.05) is 16.2 Å². The van der Waals surface area contributed by atoms with Gasteiger partial charge in [-0.05, 0) is 131 Å². The van der Waals surface area contributed by atoms with Gasteiger partial charge in [-0.15, -0.1) is 0 Å². The predicted molar refractivity (Wildman–Crippen MR) is 214 cm³/mol. The summed E-state index contributed by atoms with van der Waals surface area (Å²) in [6.45, 7) is 11.7. The van der Waals surface area contributed by atoms with Gasteiger partial charge in [0.25, 0.3) is 0 Å². The molecule has 8 aromatic carbocycles. The summed E-state index contributed by atoms with van der Waals surface area (Å²) in [5, 5.41) is 10.4. The van der Waals surface area contributed by atoms with Gasteiger partial charge in [0.15, 0.2) is 0 Å². The van der Waals surface area contributed by atoms with Crippen molar-refractivity contribution in [1.29, 1.82) is 0 Å². The standard InChI is InChI=1S/C49H40O/c1-6-49(7-2)42-27-31(30-18-23-45-41(26-30)39-10-8-9-11-44(39)50-45)15-20-37(42)38-21-16-32(28-43(38)49)36-19-14-29-12-13-33-24-35(48(3,4)5)25-34-17-22-40(36)47(29)46(33)34/h8-28H,6-7H2,1-5H3. The van der Waals surface area contributed by atoms with E-state index in [1.54, 1.807) is 0 Å². The van der Waals surface area contributed by atoms with Crippen molar-refractivity contribution in [3.63, 3.8) is 0 Å². The van der Waals surface area contributed by atoms with Crippen molar-refractivity contribution in [3.05, 3.63) is 144 Å². The van der Waals surface area contributed by atoms with E-state index >= 15 is 0 Å². The molecule has 1 aromatic heterocycles. The fraction of sp³-hybridized carbons (Fsp3) is 0.184. The van der Waals surface area contributed by atoms with Gasteiger partial charge in [-0.3, -0.25) is 0 Å². The number of fused-ring (bicyclic) bond motifs is 6. The SMILES string of the molecule is CCC1(CC)c2cc(-c3ccc4oc5ccccc5c4c3)ccc2-c2ccc(-c3ccc4ccc5cc(C(C)(C)C)cc6ccc3c4c56)cc21. The summed E-state index contributed by atoms with van der Waals surface area (Å²) in [7, 11) is 0. The third-order valence-corrected chi connectivity index (χ3v) is 12.1. The highest BCUT2D eigenvalue weighted by Gasteiger charge is 2.41. The lowest BCUT2D eigenvalue weighted by atomic mass is 9.73. The van der Waals surface area contributed by atoms with Gasteiger partial charge >= 0.3 is 0 Å². The summed E-state index contributed by atoms with van der Waals surface area (Å²) in [5.41, 5.74) is 14.1. The molecule has 0 amide bonds. The van der Waals surface area contributed by atoms with Crippen molar-refractivity contribution in [3.8, 4) is 33.4 Å². The number of benzene rings is 8. The molecule has 10 rings (SSSR count). The number of hydrogen-bond acceptors (Lipinski definition) is 1. The predicted octanol–water partition coefficient (Wildman–Crippen LogP) is 14.2. The van der Waals surface area contributed by atoms with Gasteiger partial charge in [0.2, 0.25) is 0 Å². The monoisotopic (exact) mass is 644 g/mol. The Hall–Kier alpha value is -5.40. The van der Waals surface area contributed by atoms with E-state index in [-0.39, 0.29) is 10.8 Å². The lowest BCUT2D eigenvalue weighted by Gasteiger charge is -2.30. The molecule has 242 valence electrons. The first-order valence-electron chi connectivity index (χ1n) is 18.2. The summed E-state index contributed by atoms with van der Waals surface area (Å²) in [5.74, 6) is 0. The Bertz CT molecular complexity index is 2800. The van der Waals surface area contributed by atoms with Gasteiger partial charge in [0.1, 0.15) is 11.2 Å². The van der Waals surface area contributed by atoms with Crippen LogP contribution in [0.3, 0.4) is 0 Å². The van der Waals surface area contributed by atoms with Crippen molar-refractivity contribution < 1.29 is 4.42 Å². The largest absolute Gasteiger partial charge is 0.456 e. The first kappa shape index (κ1) is 29.5. The number of rotatable bonds is 4. The van der Waals surface area contributed by atoms with Crippen LogP contribution in [0.25, 0.3) is 87.6 Å². The van der Waals surface area contributed by atoms with Crippen LogP contribution >= 0.6 is 0 Å². The molecule has 50 heavy (non-hydrogen) atoms. The van der Waals surface area contributed by atoms with Crippen molar-refractivity contribution in [2.24, 2.45) is 0 Å². The minimum Gasteiger partial charge on any atom is -0.456 e. The molecule has 1 nitrogen and oxygen atoms in total. The fourth-order valence-electron chi connectivity index (χ4n) is 9.26. The molecule has 0 saturated carbocycles. The van der Waals surface area contributed by atoms with Gasteiger partial charge < -0.3 is 4.42 Å². The summed E-state index contributed by atoms with van der Waals surface area (Å²) < 4.78 is 6.15. The summed E-state index contributed by atoms with van der Waals surface area (Å²) in [4.78, 5) is 0. The lowest BCUT2D eigenvalue weighted by molar-refractivity contribution is 0.491. The highest BCUT2D eigenvalue weighted by molar-refractivity contribution is 6.25. The minimum absolute atomic E-state index is 0.0454. The molecule has 0 fully saturated rings. The summed E-state index contributed by atoms with van der Waals surface area (Å²) in [6.07, 6.45) is 2.10. The molecule has 9 aromatic rings. The van der Waals surface area contributed by atoms with Gasteiger partial charge in [-0.2, -0.15) is 0 Å². The maximum absolute atomic E-state index is 6.15. The molecular weight excluding hydrogens is 605 g/mol. The second kappa shape index (κ2) is 10.3.